The Morgan fingerprint density at radius 2 is 1.96 bits per heavy atom. The summed E-state index contributed by atoms with van der Waals surface area (Å²) in [7, 11) is 0. The lowest BCUT2D eigenvalue weighted by molar-refractivity contribution is -0.145. The first-order chi connectivity index (χ1) is 11.3. The van der Waals surface area contributed by atoms with Crippen LogP contribution >= 0.6 is 0 Å². The van der Waals surface area contributed by atoms with E-state index in [1.54, 1.807) is 6.07 Å². The first-order valence-electron chi connectivity index (χ1n) is 7.24. The molecule has 5 nitrogen and oxygen atoms in total. The second-order valence-electron chi connectivity index (χ2n) is 5.30. The highest BCUT2D eigenvalue weighted by Crippen LogP contribution is 2.33. The van der Waals surface area contributed by atoms with E-state index in [0.29, 0.717) is 6.08 Å². The largest absolute Gasteiger partial charge is 0.481 e. The van der Waals surface area contributed by atoms with Crippen LogP contribution in [-0.4, -0.2) is 53.9 Å². The summed E-state index contributed by atoms with van der Waals surface area (Å²) < 4.78 is 44.9. The van der Waals surface area contributed by atoms with E-state index < -0.39 is 29.7 Å². The third kappa shape index (κ3) is 4.82. The van der Waals surface area contributed by atoms with Crippen molar-refractivity contribution in [2.75, 3.05) is 19.7 Å². The van der Waals surface area contributed by atoms with E-state index in [1.165, 1.54) is 29.2 Å². The number of hydrogen-bond donors (Lipinski definition) is 1. The van der Waals surface area contributed by atoms with Crippen molar-refractivity contribution in [2.45, 2.75) is 18.7 Å². The van der Waals surface area contributed by atoms with Crippen LogP contribution in [-0.2, 0) is 14.3 Å². The molecule has 130 valence electrons. The van der Waals surface area contributed by atoms with Crippen molar-refractivity contribution in [1.29, 1.82) is 0 Å². The van der Waals surface area contributed by atoms with Crippen LogP contribution in [0.15, 0.2) is 36.4 Å². The summed E-state index contributed by atoms with van der Waals surface area (Å²) in [5, 5.41) is 8.75. The highest BCUT2D eigenvalue weighted by Gasteiger charge is 2.36. The molecule has 1 aromatic carbocycles. The molecule has 0 spiro atoms. The van der Waals surface area contributed by atoms with Gasteiger partial charge in [-0.15, -0.1) is 0 Å². The first kappa shape index (κ1) is 18.0. The summed E-state index contributed by atoms with van der Waals surface area (Å²) in [5.41, 5.74) is -1.14. The second-order valence-corrected chi connectivity index (χ2v) is 5.30. The number of morpholine rings is 1. The maximum absolute atomic E-state index is 13.2. The number of aliphatic carboxylic acids is 1. The van der Waals surface area contributed by atoms with Gasteiger partial charge in [0.15, 0.2) is 0 Å². The Bertz CT molecular complexity index is 628. The molecule has 1 heterocycles. The van der Waals surface area contributed by atoms with Crippen molar-refractivity contribution in [3.63, 3.8) is 0 Å². The maximum atomic E-state index is 13.2. The molecule has 2 rings (SSSR count). The second kappa shape index (κ2) is 7.48. The molecule has 0 aromatic heterocycles. The SMILES string of the molecule is O=C(O)CC1CN(C(=O)C=C(c2ccccc2)C(F)(F)F)CCO1. The van der Waals surface area contributed by atoms with Gasteiger partial charge in [0.2, 0.25) is 5.91 Å². The molecule has 1 amide bonds. The molecule has 1 aliphatic rings. The van der Waals surface area contributed by atoms with Crippen LogP contribution in [0.4, 0.5) is 13.2 Å². The Kier molecular flexibility index (Phi) is 5.61. The van der Waals surface area contributed by atoms with E-state index in [0.717, 1.165) is 0 Å². The number of hydrogen-bond acceptors (Lipinski definition) is 3. The minimum atomic E-state index is -4.68. The Balaban J connectivity index is 2.19. The molecule has 0 radical (unpaired) electrons. The number of alkyl halides is 3. The molecular weight excluding hydrogens is 327 g/mol. The van der Waals surface area contributed by atoms with Crippen molar-refractivity contribution in [3.8, 4) is 0 Å². The zero-order chi connectivity index (χ0) is 17.7. The van der Waals surface area contributed by atoms with E-state index in [-0.39, 0.29) is 31.7 Å². The fourth-order valence-corrected chi connectivity index (χ4v) is 2.40. The summed E-state index contributed by atoms with van der Waals surface area (Å²) in [6, 6.07) is 7.05. The normalized spacial score (nSPS) is 19.2. The number of allylic oxidation sites excluding steroid dienone is 1. The average molecular weight is 343 g/mol. The minimum Gasteiger partial charge on any atom is -0.481 e. The Morgan fingerprint density at radius 3 is 2.54 bits per heavy atom. The van der Waals surface area contributed by atoms with Crippen LogP contribution in [0, 0.1) is 0 Å². The summed E-state index contributed by atoms with van der Waals surface area (Å²) in [6.45, 7) is 0.150. The Morgan fingerprint density at radius 1 is 1.29 bits per heavy atom. The number of benzene rings is 1. The van der Waals surface area contributed by atoms with E-state index in [2.05, 4.69) is 0 Å². The van der Waals surface area contributed by atoms with Gasteiger partial charge in [0.25, 0.3) is 0 Å². The molecule has 0 bridgehead atoms. The van der Waals surface area contributed by atoms with Crippen molar-refractivity contribution in [3.05, 3.63) is 42.0 Å². The first-order valence-corrected chi connectivity index (χ1v) is 7.24. The molecule has 1 aromatic rings. The number of ether oxygens (including phenoxy) is 1. The number of halogens is 3. The number of nitrogens with zero attached hydrogens (tertiary/aromatic N) is 1. The molecule has 1 fully saturated rings. The molecule has 0 saturated carbocycles. The highest BCUT2D eigenvalue weighted by atomic mass is 19.4. The van der Waals surface area contributed by atoms with Crippen LogP contribution in [0.5, 0.6) is 0 Å². The van der Waals surface area contributed by atoms with Gasteiger partial charge in [-0.2, -0.15) is 13.2 Å². The van der Waals surface area contributed by atoms with E-state index in [4.69, 9.17) is 9.84 Å². The number of carboxylic acids is 1. The zero-order valence-corrected chi connectivity index (χ0v) is 12.6. The Hall–Kier alpha value is -2.35. The van der Waals surface area contributed by atoms with Gasteiger partial charge in [0.1, 0.15) is 0 Å². The summed E-state index contributed by atoms with van der Waals surface area (Å²) in [4.78, 5) is 24.1. The van der Waals surface area contributed by atoms with Gasteiger partial charge in [-0.25, -0.2) is 0 Å². The Labute approximate surface area is 136 Å². The summed E-state index contributed by atoms with van der Waals surface area (Å²) in [5.74, 6) is -1.91. The third-order valence-electron chi connectivity index (χ3n) is 3.51. The zero-order valence-electron chi connectivity index (χ0n) is 12.6. The predicted molar refractivity (Wildman–Crippen MR) is 79.0 cm³/mol. The van der Waals surface area contributed by atoms with Crippen molar-refractivity contribution in [1.82, 2.24) is 4.90 Å². The molecule has 8 heteroatoms. The fourth-order valence-electron chi connectivity index (χ4n) is 2.40. The number of carbonyl (C=O) groups is 2. The molecular formula is C16H16F3NO4. The minimum absolute atomic E-state index is 0.0540. The van der Waals surface area contributed by atoms with Gasteiger partial charge in [0, 0.05) is 19.2 Å². The van der Waals surface area contributed by atoms with Crippen LogP contribution in [0.1, 0.15) is 12.0 Å². The standard InChI is InChI=1S/C16H16F3NO4/c17-16(18,19)13(11-4-2-1-3-5-11)9-14(21)20-6-7-24-12(10-20)8-15(22)23/h1-5,9,12H,6-8,10H2,(H,22,23). The van der Waals surface area contributed by atoms with E-state index in [9.17, 15) is 22.8 Å². The van der Waals surface area contributed by atoms with Gasteiger partial charge < -0.3 is 14.7 Å². The van der Waals surface area contributed by atoms with Gasteiger partial charge in [-0.3, -0.25) is 9.59 Å². The van der Waals surface area contributed by atoms with Crippen molar-refractivity contribution >= 4 is 17.4 Å². The lowest BCUT2D eigenvalue weighted by atomic mass is 10.0. The van der Waals surface area contributed by atoms with Gasteiger partial charge in [0.05, 0.1) is 24.7 Å². The van der Waals surface area contributed by atoms with Crippen LogP contribution < -0.4 is 0 Å². The van der Waals surface area contributed by atoms with Crippen LogP contribution in [0.25, 0.3) is 5.57 Å². The van der Waals surface area contributed by atoms with E-state index >= 15 is 0 Å². The lowest BCUT2D eigenvalue weighted by Crippen LogP contribution is -2.45. The molecule has 1 atom stereocenters. The van der Waals surface area contributed by atoms with Crippen LogP contribution in [0.3, 0.4) is 0 Å². The van der Waals surface area contributed by atoms with Crippen molar-refractivity contribution in [2.24, 2.45) is 0 Å². The van der Waals surface area contributed by atoms with Gasteiger partial charge >= 0.3 is 12.1 Å². The topological polar surface area (TPSA) is 66.8 Å². The molecule has 1 N–H and O–H groups in total. The molecule has 0 aliphatic carbocycles. The number of rotatable bonds is 4. The smallest absolute Gasteiger partial charge is 0.417 e. The number of carboxylic acid groups (broad SMARTS) is 1. The van der Waals surface area contributed by atoms with Gasteiger partial charge in [-0.05, 0) is 5.56 Å². The van der Waals surface area contributed by atoms with Gasteiger partial charge in [-0.1, -0.05) is 30.3 Å². The molecule has 1 saturated heterocycles. The lowest BCUT2D eigenvalue weighted by Gasteiger charge is -2.31. The molecule has 1 unspecified atom stereocenters. The molecule has 1 aliphatic heterocycles. The monoisotopic (exact) mass is 343 g/mol. The number of amides is 1. The van der Waals surface area contributed by atoms with E-state index in [1.807, 2.05) is 0 Å². The predicted octanol–water partition coefficient (Wildman–Crippen LogP) is 2.33. The number of carbonyl (C=O) groups excluding carboxylic acids is 1. The molecule has 24 heavy (non-hydrogen) atoms. The fraction of sp³-hybridized carbons (Fsp3) is 0.375. The summed E-state index contributed by atoms with van der Waals surface area (Å²) >= 11 is 0. The van der Waals surface area contributed by atoms with Crippen LogP contribution in [0.2, 0.25) is 0 Å². The highest BCUT2D eigenvalue weighted by molar-refractivity contribution is 5.96. The summed E-state index contributed by atoms with van der Waals surface area (Å²) in [6.07, 6.45) is -5.15. The average Bonchev–Trinajstić information content (AvgIpc) is 2.51. The maximum Gasteiger partial charge on any atom is 0.417 e. The third-order valence-corrected chi connectivity index (χ3v) is 3.51. The quantitative estimate of drug-likeness (QED) is 0.852. The van der Waals surface area contributed by atoms with Crippen molar-refractivity contribution < 1.29 is 32.6 Å².